The van der Waals surface area contributed by atoms with Crippen molar-refractivity contribution in [2.75, 3.05) is 0 Å². The maximum atomic E-state index is 12.4. The fourth-order valence-corrected chi connectivity index (χ4v) is 4.61. The lowest BCUT2D eigenvalue weighted by molar-refractivity contribution is -0.113. The predicted octanol–water partition coefficient (Wildman–Crippen LogP) is 1.57. The predicted molar refractivity (Wildman–Crippen MR) is 79.5 cm³/mol. The number of aliphatic hydroxyl groups is 1. The quantitative estimate of drug-likeness (QED) is 0.834. The van der Waals surface area contributed by atoms with Crippen molar-refractivity contribution in [3.8, 4) is 0 Å². The number of hydrogen-bond acceptors (Lipinski definition) is 5. The molecular weight excluding hydrogens is 290 g/mol. The summed E-state index contributed by atoms with van der Waals surface area (Å²) in [6.07, 6.45) is 2.30. The Hall–Kier alpha value is -1.27. The van der Waals surface area contributed by atoms with Crippen molar-refractivity contribution < 1.29 is 18.3 Å². The largest absolute Gasteiger partial charge is 0.389 e. The summed E-state index contributed by atoms with van der Waals surface area (Å²) in [6, 6.07) is 5.35. The average molecular weight is 311 g/mol. The second kappa shape index (κ2) is 6.23. The van der Waals surface area contributed by atoms with Gasteiger partial charge >= 0.3 is 0 Å². The summed E-state index contributed by atoms with van der Waals surface area (Å²) in [6.45, 7) is 1.83. The number of aldehydes is 1. The van der Waals surface area contributed by atoms with Gasteiger partial charge in [0.1, 0.15) is 6.29 Å². The van der Waals surface area contributed by atoms with Gasteiger partial charge in [-0.15, -0.1) is 0 Å². The first-order valence-corrected chi connectivity index (χ1v) is 8.86. The molecule has 1 aromatic heterocycles. The molecular formula is C15H21NO4S. The highest BCUT2D eigenvalue weighted by Gasteiger charge is 2.38. The first-order chi connectivity index (χ1) is 9.85. The molecule has 0 amide bonds. The van der Waals surface area contributed by atoms with Crippen LogP contribution in [0.1, 0.15) is 43.5 Å². The van der Waals surface area contributed by atoms with Gasteiger partial charge in [0.2, 0.25) is 0 Å². The SMILES string of the molecule is Cc1cccc(CS(=O)(=O)C2CCC(O)(CC=O)CC2)n1. The highest BCUT2D eigenvalue weighted by Crippen LogP contribution is 2.34. The molecule has 1 heterocycles. The topological polar surface area (TPSA) is 84.3 Å². The van der Waals surface area contributed by atoms with Crippen LogP contribution in [-0.4, -0.2) is 35.6 Å². The van der Waals surface area contributed by atoms with E-state index in [2.05, 4.69) is 4.98 Å². The zero-order chi connectivity index (χ0) is 15.5. The molecule has 0 aromatic carbocycles. The number of pyridine rings is 1. The van der Waals surface area contributed by atoms with Crippen molar-refractivity contribution >= 4 is 16.1 Å². The lowest BCUT2D eigenvalue weighted by atomic mass is 9.83. The van der Waals surface area contributed by atoms with Crippen LogP contribution >= 0.6 is 0 Å². The lowest BCUT2D eigenvalue weighted by Crippen LogP contribution is -2.39. The Morgan fingerprint density at radius 2 is 2.05 bits per heavy atom. The van der Waals surface area contributed by atoms with E-state index >= 15 is 0 Å². The van der Waals surface area contributed by atoms with Crippen LogP contribution in [0, 0.1) is 6.92 Å². The Bertz CT molecular complexity index is 604. The second-order valence-electron chi connectivity index (χ2n) is 5.87. The Balaban J connectivity index is 2.03. The molecule has 21 heavy (non-hydrogen) atoms. The van der Waals surface area contributed by atoms with Crippen molar-refractivity contribution in [2.24, 2.45) is 0 Å². The number of carbonyl (C=O) groups excluding carboxylic acids is 1. The first-order valence-electron chi connectivity index (χ1n) is 7.15. The number of rotatable bonds is 5. The summed E-state index contributed by atoms with van der Waals surface area (Å²) in [5, 5.41) is 9.69. The minimum Gasteiger partial charge on any atom is -0.389 e. The molecule has 0 atom stereocenters. The second-order valence-corrected chi connectivity index (χ2v) is 8.15. The first kappa shape index (κ1) is 16.1. The summed E-state index contributed by atoms with van der Waals surface area (Å²) in [7, 11) is -3.28. The number of carbonyl (C=O) groups is 1. The van der Waals surface area contributed by atoms with Crippen LogP contribution in [0.15, 0.2) is 18.2 Å². The number of aromatic nitrogens is 1. The zero-order valence-corrected chi connectivity index (χ0v) is 13.0. The maximum Gasteiger partial charge on any atom is 0.158 e. The molecule has 0 aliphatic heterocycles. The van der Waals surface area contributed by atoms with E-state index in [1.807, 2.05) is 13.0 Å². The van der Waals surface area contributed by atoms with E-state index in [4.69, 9.17) is 0 Å². The molecule has 0 spiro atoms. The van der Waals surface area contributed by atoms with E-state index in [1.165, 1.54) is 0 Å². The van der Waals surface area contributed by atoms with E-state index in [0.29, 0.717) is 37.7 Å². The number of hydrogen-bond donors (Lipinski definition) is 1. The van der Waals surface area contributed by atoms with E-state index in [9.17, 15) is 18.3 Å². The standard InChI is InChI=1S/C15H21NO4S/c1-12-3-2-4-13(16-12)11-21(19,20)14-5-7-15(18,8-6-14)9-10-17/h2-4,10,14,18H,5-9,11H2,1H3. The van der Waals surface area contributed by atoms with E-state index in [-0.39, 0.29) is 12.2 Å². The average Bonchev–Trinajstić information content (AvgIpc) is 2.38. The summed E-state index contributed by atoms with van der Waals surface area (Å²) in [5.41, 5.74) is 0.338. The molecule has 0 radical (unpaired) electrons. The van der Waals surface area contributed by atoms with Crippen LogP contribution in [0.25, 0.3) is 0 Å². The molecule has 5 nitrogen and oxygen atoms in total. The van der Waals surface area contributed by atoms with Crippen molar-refractivity contribution in [3.05, 3.63) is 29.6 Å². The van der Waals surface area contributed by atoms with Gasteiger partial charge in [0.15, 0.2) is 9.84 Å². The molecule has 116 valence electrons. The van der Waals surface area contributed by atoms with Gasteiger partial charge in [0.25, 0.3) is 0 Å². The summed E-state index contributed by atoms with van der Waals surface area (Å²) in [4.78, 5) is 14.8. The van der Waals surface area contributed by atoms with Crippen LogP contribution in [0.3, 0.4) is 0 Å². The third-order valence-corrected chi connectivity index (χ3v) is 6.31. The van der Waals surface area contributed by atoms with E-state index in [0.717, 1.165) is 5.69 Å². The van der Waals surface area contributed by atoms with Crippen molar-refractivity contribution in [1.82, 2.24) is 4.98 Å². The van der Waals surface area contributed by atoms with Crippen LogP contribution in [-0.2, 0) is 20.4 Å². The highest BCUT2D eigenvalue weighted by atomic mass is 32.2. The molecule has 0 saturated heterocycles. The minimum absolute atomic E-state index is 0.0640. The number of sulfone groups is 1. The molecule has 0 unspecified atom stereocenters. The number of aryl methyl sites for hydroxylation is 1. The van der Waals surface area contributed by atoms with E-state index < -0.39 is 20.7 Å². The molecule has 1 aliphatic carbocycles. The molecule has 1 aliphatic rings. The zero-order valence-electron chi connectivity index (χ0n) is 12.2. The maximum absolute atomic E-state index is 12.4. The molecule has 1 aromatic rings. The summed E-state index contributed by atoms with van der Waals surface area (Å²) < 4.78 is 24.9. The molecule has 1 fully saturated rings. The third kappa shape index (κ3) is 4.11. The van der Waals surface area contributed by atoms with Crippen molar-refractivity contribution in [1.29, 1.82) is 0 Å². The molecule has 6 heteroatoms. The Morgan fingerprint density at radius 3 is 2.62 bits per heavy atom. The van der Waals surface area contributed by atoms with Crippen LogP contribution < -0.4 is 0 Å². The van der Waals surface area contributed by atoms with E-state index in [1.54, 1.807) is 12.1 Å². The van der Waals surface area contributed by atoms with Gasteiger partial charge in [0.05, 0.1) is 22.3 Å². The van der Waals surface area contributed by atoms with Crippen LogP contribution in [0.4, 0.5) is 0 Å². The van der Waals surface area contributed by atoms with Crippen LogP contribution in [0.5, 0.6) is 0 Å². The van der Waals surface area contributed by atoms with Gasteiger partial charge in [-0.2, -0.15) is 0 Å². The molecule has 1 N–H and O–H groups in total. The normalized spacial score (nSPS) is 26.5. The third-order valence-electron chi connectivity index (χ3n) is 4.13. The smallest absolute Gasteiger partial charge is 0.158 e. The fraction of sp³-hybridized carbons (Fsp3) is 0.600. The van der Waals surface area contributed by atoms with Gasteiger partial charge < -0.3 is 9.90 Å². The monoisotopic (exact) mass is 311 g/mol. The lowest BCUT2D eigenvalue weighted by Gasteiger charge is -2.34. The minimum atomic E-state index is -3.28. The molecule has 0 bridgehead atoms. The number of nitrogens with zero attached hydrogens (tertiary/aromatic N) is 1. The van der Waals surface area contributed by atoms with Gasteiger partial charge in [-0.1, -0.05) is 6.07 Å². The van der Waals surface area contributed by atoms with Crippen molar-refractivity contribution in [2.45, 2.75) is 55.6 Å². The Kier molecular flexibility index (Phi) is 4.78. The van der Waals surface area contributed by atoms with Crippen molar-refractivity contribution in [3.63, 3.8) is 0 Å². The highest BCUT2D eigenvalue weighted by molar-refractivity contribution is 7.91. The molecule has 2 rings (SSSR count). The van der Waals surface area contributed by atoms with Gasteiger partial charge in [0, 0.05) is 12.1 Å². The molecule has 1 saturated carbocycles. The van der Waals surface area contributed by atoms with Crippen LogP contribution in [0.2, 0.25) is 0 Å². The Morgan fingerprint density at radius 1 is 1.38 bits per heavy atom. The summed E-state index contributed by atoms with van der Waals surface area (Å²) in [5.74, 6) is -0.0640. The van der Waals surface area contributed by atoms with Gasteiger partial charge in [-0.25, -0.2) is 8.42 Å². The van der Waals surface area contributed by atoms with Gasteiger partial charge in [-0.05, 0) is 44.7 Å². The fourth-order valence-electron chi connectivity index (χ4n) is 2.85. The Labute approximate surface area is 125 Å². The summed E-state index contributed by atoms with van der Waals surface area (Å²) >= 11 is 0. The van der Waals surface area contributed by atoms with Gasteiger partial charge in [-0.3, -0.25) is 4.98 Å².